The lowest BCUT2D eigenvalue weighted by atomic mass is 10.1. The number of hydrogen-bond donors (Lipinski definition) is 0. The summed E-state index contributed by atoms with van der Waals surface area (Å²) in [7, 11) is 0. The summed E-state index contributed by atoms with van der Waals surface area (Å²) >= 11 is 5.23. The Balaban J connectivity index is 1.79. The zero-order valence-corrected chi connectivity index (χ0v) is 13.7. The van der Waals surface area contributed by atoms with Crippen molar-refractivity contribution in [2.24, 2.45) is 0 Å². The molecule has 1 fully saturated rings. The van der Waals surface area contributed by atoms with E-state index in [1.54, 1.807) is 30.3 Å². The number of nitrogens with zero attached hydrogens (tertiary/aromatic N) is 2. The predicted molar refractivity (Wildman–Crippen MR) is 85.8 cm³/mol. The Labute approximate surface area is 146 Å². The van der Waals surface area contributed by atoms with Gasteiger partial charge in [0.05, 0.1) is 0 Å². The Morgan fingerprint density at radius 1 is 0.840 bits per heavy atom. The summed E-state index contributed by atoms with van der Waals surface area (Å²) in [5, 5.41) is -1.21. The van der Waals surface area contributed by atoms with E-state index in [0.29, 0.717) is 5.56 Å². The van der Waals surface area contributed by atoms with Crippen LogP contribution >= 0.6 is 11.6 Å². The smallest absolute Gasteiger partial charge is 0.253 e. The molecule has 3 nitrogen and oxygen atoms in total. The molecule has 0 bridgehead atoms. The van der Waals surface area contributed by atoms with Gasteiger partial charge in [-0.05, 0) is 12.1 Å². The average Bonchev–Trinajstić information content (AvgIpc) is 2.65. The largest absolute Gasteiger partial charge is 0.363 e. The van der Waals surface area contributed by atoms with Gasteiger partial charge in [0.15, 0.2) is 23.3 Å². The molecular weight excluding hydrogens is 360 g/mol. The molecule has 2 aromatic rings. The van der Waals surface area contributed by atoms with Gasteiger partial charge in [0.1, 0.15) is 10.7 Å². The number of anilines is 1. The molecule has 1 heterocycles. The third kappa shape index (κ3) is 3.16. The highest BCUT2D eigenvalue weighted by molar-refractivity contribution is 6.31. The van der Waals surface area contributed by atoms with Crippen LogP contribution in [0, 0.1) is 23.3 Å². The van der Waals surface area contributed by atoms with Crippen molar-refractivity contribution in [3.8, 4) is 0 Å². The van der Waals surface area contributed by atoms with E-state index in [4.69, 9.17) is 11.6 Å². The van der Waals surface area contributed by atoms with Crippen molar-refractivity contribution in [3.63, 3.8) is 0 Å². The van der Waals surface area contributed by atoms with Gasteiger partial charge < -0.3 is 9.80 Å². The number of rotatable bonds is 2. The van der Waals surface area contributed by atoms with Crippen molar-refractivity contribution in [1.29, 1.82) is 0 Å². The topological polar surface area (TPSA) is 23.6 Å². The minimum Gasteiger partial charge on any atom is -0.363 e. The number of carbonyl (C=O) groups excluding carboxylic acids is 1. The first-order chi connectivity index (χ1) is 11.9. The van der Waals surface area contributed by atoms with Crippen molar-refractivity contribution in [2.45, 2.75) is 0 Å². The quantitative estimate of drug-likeness (QED) is 0.454. The molecule has 1 amide bonds. The molecule has 0 spiro atoms. The molecule has 8 heteroatoms. The third-order valence-electron chi connectivity index (χ3n) is 4.09. The monoisotopic (exact) mass is 372 g/mol. The first-order valence-corrected chi connectivity index (χ1v) is 7.90. The lowest BCUT2D eigenvalue weighted by molar-refractivity contribution is 0.0746. The normalized spacial score (nSPS) is 14.8. The van der Waals surface area contributed by atoms with Gasteiger partial charge in [0.2, 0.25) is 0 Å². The van der Waals surface area contributed by atoms with E-state index in [9.17, 15) is 22.4 Å². The Morgan fingerprint density at radius 3 is 1.88 bits per heavy atom. The molecule has 25 heavy (non-hydrogen) atoms. The summed E-state index contributed by atoms with van der Waals surface area (Å²) in [6.45, 7) is 0.400. The van der Waals surface area contributed by atoms with E-state index in [2.05, 4.69) is 0 Å². The van der Waals surface area contributed by atoms with Gasteiger partial charge >= 0.3 is 0 Å². The molecule has 1 aliphatic rings. The van der Waals surface area contributed by atoms with E-state index in [1.165, 1.54) is 9.80 Å². The van der Waals surface area contributed by atoms with Crippen molar-refractivity contribution >= 4 is 23.2 Å². The molecule has 1 saturated heterocycles. The number of piperazine rings is 1. The molecule has 0 aliphatic carbocycles. The molecule has 0 N–H and O–H groups in total. The second-order valence-electron chi connectivity index (χ2n) is 5.56. The molecule has 0 aromatic heterocycles. The van der Waals surface area contributed by atoms with Gasteiger partial charge in [-0.1, -0.05) is 29.8 Å². The summed E-state index contributed by atoms with van der Waals surface area (Å²) < 4.78 is 55.3. The Morgan fingerprint density at radius 2 is 1.36 bits per heavy atom. The van der Waals surface area contributed by atoms with Crippen LogP contribution in [0.25, 0.3) is 0 Å². The molecule has 0 saturated carbocycles. The van der Waals surface area contributed by atoms with Gasteiger partial charge in [-0.2, -0.15) is 0 Å². The Hall–Kier alpha value is -2.28. The zero-order valence-electron chi connectivity index (χ0n) is 12.9. The van der Waals surface area contributed by atoms with Crippen LogP contribution in [-0.4, -0.2) is 37.0 Å². The second kappa shape index (κ2) is 6.92. The maximum Gasteiger partial charge on any atom is 0.253 e. The maximum absolute atomic E-state index is 14.0. The van der Waals surface area contributed by atoms with Crippen LogP contribution in [0.1, 0.15) is 10.4 Å². The number of halogens is 5. The fraction of sp³-hybridized carbons (Fsp3) is 0.235. The van der Waals surface area contributed by atoms with E-state index >= 15 is 0 Å². The van der Waals surface area contributed by atoms with Crippen molar-refractivity contribution < 1.29 is 22.4 Å². The van der Waals surface area contributed by atoms with E-state index < -0.39 is 34.0 Å². The van der Waals surface area contributed by atoms with E-state index in [-0.39, 0.29) is 32.1 Å². The van der Waals surface area contributed by atoms with Crippen LogP contribution in [-0.2, 0) is 0 Å². The summed E-state index contributed by atoms with van der Waals surface area (Å²) in [4.78, 5) is 15.0. The summed E-state index contributed by atoms with van der Waals surface area (Å²) in [5.41, 5.74) is -0.303. The first-order valence-electron chi connectivity index (χ1n) is 7.52. The van der Waals surface area contributed by atoms with Crippen LogP contribution in [0.2, 0.25) is 5.02 Å². The number of hydrogen-bond acceptors (Lipinski definition) is 2. The summed E-state index contributed by atoms with van der Waals surface area (Å²) in [6, 6.07) is 8.57. The van der Waals surface area contributed by atoms with Crippen LogP contribution in [0.4, 0.5) is 23.2 Å². The molecule has 0 unspecified atom stereocenters. The molecule has 0 radical (unpaired) electrons. The number of carbonyl (C=O) groups is 1. The molecule has 2 aromatic carbocycles. The Kier molecular flexibility index (Phi) is 4.85. The highest BCUT2D eigenvalue weighted by Crippen LogP contribution is 2.33. The minimum absolute atomic E-state index is 0.0346. The zero-order chi connectivity index (χ0) is 18.1. The molecule has 3 rings (SSSR count). The predicted octanol–water partition coefficient (Wildman–Crippen LogP) is 3.86. The van der Waals surface area contributed by atoms with Crippen molar-refractivity contribution in [3.05, 3.63) is 64.2 Å². The lowest BCUT2D eigenvalue weighted by Gasteiger charge is -2.36. The fourth-order valence-electron chi connectivity index (χ4n) is 2.77. The van der Waals surface area contributed by atoms with Crippen LogP contribution in [0.5, 0.6) is 0 Å². The second-order valence-corrected chi connectivity index (χ2v) is 5.94. The first kappa shape index (κ1) is 17.5. The van der Waals surface area contributed by atoms with Crippen LogP contribution in [0.3, 0.4) is 0 Å². The number of amides is 1. The van der Waals surface area contributed by atoms with Crippen molar-refractivity contribution in [2.75, 3.05) is 31.1 Å². The van der Waals surface area contributed by atoms with Gasteiger partial charge in [0, 0.05) is 31.7 Å². The van der Waals surface area contributed by atoms with Crippen LogP contribution in [0.15, 0.2) is 30.3 Å². The van der Waals surface area contributed by atoms with E-state index in [1.807, 2.05) is 0 Å². The molecule has 132 valence electrons. The van der Waals surface area contributed by atoms with Gasteiger partial charge in [-0.15, -0.1) is 0 Å². The third-order valence-corrected chi connectivity index (χ3v) is 4.42. The van der Waals surface area contributed by atoms with E-state index in [0.717, 1.165) is 0 Å². The molecular formula is C17H13ClF4N2O. The number of benzene rings is 2. The maximum atomic E-state index is 14.0. The highest BCUT2D eigenvalue weighted by Gasteiger charge is 2.30. The van der Waals surface area contributed by atoms with Gasteiger partial charge in [0.25, 0.3) is 5.91 Å². The Bertz CT molecular complexity index is 779. The summed E-state index contributed by atoms with van der Waals surface area (Å²) in [5.74, 6) is -6.54. The van der Waals surface area contributed by atoms with Crippen LogP contribution < -0.4 is 4.90 Å². The van der Waals surface area contributed by atoms with Gasteiger partial charge in [-0.25, -0.2) is 17.6 Å². The lowest BCUT2D eigenvalue weighted by Crippen LogP contribution is -2.49. The molecule has 0 atom stereocenters. The van der Waals surface area contributed by atoms with Gasteiger partial charge in [-0.3, -0.25) is 4.79 Å². The fourth-order valence-corrected chi connectivity index (χ4v) is 2.93. The SMILES string of the molecule is O=C(c1ccccc1)N1CCN(c2c(F)c(F)c(Cl)c(F)c2F)CC1. The minimum atomic E-state index is -1.63. The molecule has 1 aliphatic heterocycles. The summed E-state index contributed by atoms with van der Waals surface area (Å²) in [6.07, 6.45) is 0. The van der Waals surface area contributed by atoms with Crippen molar-refractivity contribution in [1.82, 2.24) is 4.90 Å². The highest BCUT2D eigenvalue weighted by atomic mass is 35.5. The standard InChI is InChI=1S/C17H13ClF4N2O/c18-11-12(19)14(21)16(15(22)13(11)20)23-6-8-24(9-7-23)17(25)10-4-2-1-3-5-10/h1-5H,6-9H2. The average molecular weight is 373 g/mol.